The van der Waals surface area contributed by atoms with Crippen LogP contribution in [0.4, 0.5) is 0 Å². The maximum absolute atomic E-state index is 5.93. The first-order valence-electron chi connectivity index (χ1n) is 6.68. The molecule has 5 nitrogen and oxygen atoms in total. The van der Waals surface area contributed by atoms with Gasteiger partial charge in [0.05, 0.1) is 12.7 Å². The molecule has 0 bridgehead atoms. The van der Waals surface area contributed by atoms with Crippen molar-refractivity contribution in [3.63, 3.8) is 0 Å². The third-order valence-corrected chi connectivity index (χ3v) is 3.82. The van der Waals surface area contributed by atoms with Crippen molar-refractivity contribution in [2.45, 2.75) is 52.4 Å². The lowest BCUT2D eigenvalue weighted by Gasteiger charge is -2.31. The van der Waals surface area contributed by atoms with Crippen molar-refractivity contribution in [1.29, 1.82) is 0 Å². The molecule has 5 heteroatoms. The van der Waals surface area contributed by atoms with Crippen molar-refractivity contribution in [2.24, 2.45) is 5.41 Å². The summed E-state index contributed by atoms with van der Waals surface area (Å²) in [5, 5.41) is 8.65. The second kappa shape index (κ2) is 4.31. The number of hydrogen-bond donors (Lipinski definition) is 0. The van der Waals surface area contributed by atoms with Gasteiger partial charge in [-0.3, -0.25) is 0 Å². The van der Waals surface area contributed by atoms with Crippen molar-refractivity contribution in [1.82, 2.24) is 14.8 Å². The van der Waals surface area contributed by atoms with Gasteiger partial charge >= 0.3 is 0 Å². The second-order valence-electron chi connectivity index (χ2n) is 6.23. The van der Waals surface area contributed by atoms with Crippen molar-refractivity contribution < 1.29 is 9.47 Å². The van der Waals surface area contributed by atoms with Crippen molar-refractivity contribution in [3.8, 4) is 0 Å². The van der Waals surface area contributed by atoms with Crippen LogP contribution in [0.5, 0.6) is 0 Å². The number of ether oxygens (including phenoxy) is 2. The number of nitrogens with zero attached hydrogens (tertiary/aromatic N) is 3. The van der Waals surface area contributed by atoms with Gasteiger partial charge in [0.25, 0.3) is 0 Å². The number of aromatic nitrogens is 3. The van der Waals surface area contributed by atoms with Crippen molar-refractivity contribution in [2.75, 3.05) is 13.2 Å². The lowest BCUT2D eigenvalue weighted by atomic mass is 9.81. The van der Waals surface area contributed by atoms with Gasteiger partial charge in [0.15, 0.2) is 5.82 Å². The van der Waals surface area contributed by atoms with E-state index in [1.807, 2.05) is 0 Å². The summed E-state index contributed by atoms with van der Waals surface area (Å²) < 4.78 is 13.6. The normalized spacial score (nSPS) is 28.4. The summed E-state index contributed by atoms with van der Waals surface area (Å²) in [5.41, 5.74) is 0.138. The Morgan fingerprint density at radius 3 is 2.83 bits per heavy atom. The molecule has 0 amide bonds. The number of rotatable bonds is 1. The van der Waals surface area contributed by atoms with E-state index in [1.54, 1.807) is 0 Å². The molecule has 2 atom stereocenters. The predicted molar refractivity (Wildman–Crippen MR) is 66.2 cm³/mol. The van der Waals surface area contributed by atoms with Gasteiger partial charge in [-0.25, -0.2) is 0 Å². The molecule has 3 rings (SSSR count). The molecule has 1 fully saturated rings. The van der Waals surface area contributed by atoms with Gasteiger partial charge < -0.3 is 14.0 Å². The first kappa shape index (κ1) is 12.1. The van der Waals surface area contributed by atoms with Crippen LogP contribution in [0.15, 0.2) is 0 Å². The smallest absolute Gasteiger partial charge is 0.159 e. The minimum atomic E-state index is 0.138. The Balaban J connectivity index is 1.92. The summed E-state index contributed by atoms with van der Waals surface area (Å²) in [5.74, 6) is 2.41. The first-order valence-corrected chi connectivity index (χ1v) is 6.68. The van der Waals surface area contributed by atoms with Gasteiger partial charge in [-0.1, -0.05) is 20.8 Å². The Bertz CT molecular complexity index is 436. The standard InChI is InChI=1S/C13H21N3O2/c1-13(2,3)11-9(4-6-18-11)12-15-14-10-8-17-7-5-16(10)12/h9,11H,4-8H2,1-3H3/t9-,11-/m0/s1. The summed E-state index contributed by atoms with van der Waals surface area (Å²) >= 11 is 0. The van der Waals surface area contributed by atoms with Crippen LogP contribution in [-0.2, 0) is 22.6 Å². The molecule has 0 unspecified atom stereocenters. The first-order chi connectivity index (χ1) is 8.57. The van der Waals surface area contributed by atoms with Crippen LogP contribution in [-0.4, -0.2) is 34.1 Å². The van der Waals surface area contributed by atoms with Crippen LogP contribution >= 0.6 is 0 Å². The molecule has 3 heterocycles. The molecule has 1 aromatic rings. The van der Waals surface area contributed by atoms with Gasteiger partial charge in [-0.2, -0.15) is 0 Å². The lowest BCUT2D eigenvalue weighted by molar-refractivity contribution is 0.0181. The van der Waals surface area contributed by atoms with E-state index in [0.717, 1.165) is 37.8 Å². The molecule has 18 heavy (non-hydrogen) atoms. The third-order valence-electron chi connectivity index (χ3n) is 3.82. The highest BCUT2D eigenvalue weighted by molar-refractivity contribution is 5.09. The summed E-state index contributed by atoms with van der Waals surface area (Å²) in [6.45, 7) is 9.72. The maximum Gasteiger partial charge on any atom is 0.159 e. The van der Waals surface area contributed by atoms with E-state index < -0.39 is 0 Å². The fraction of sp³-hybridized carbons (Fsp3) is 0.846. The molecule has 0 N–H and O–H groups in total. The minimum absolute atomic E-state index is 0.138. The van der Waals surface area contributed by atoms with Crippen LogP contribution < -0.4 is 0 Å². The molecular weight excluding hydrogens is 230 g/mol. The fourth-order valence-corrected chi connectivity index (χ4v) is 3.00. The molecule has 0 radical (unpaired) electrons. The largest absolute Gasteiger partial charge is 0.377 e. The van der Waals surface area contributed by atoms with Crippen LogP contribution in [0.1, 0.15) is 44.8 Å². The van der Waals surface area contributed by atoms with E-state index in [2.05, 4.69) is 35.5 Å². The topological polar surface area (TPSA) is 49.2 Å². The summed E-state index contributed by atoms with van der Waals surface area (Å²) in [7, 11) is 0. The quantitative estimate of drug-likeness (QED) is 0.762. The summed E-state index contributed by atoms with van der Waals surface area (Å²) in [6, 6.07) is 0. The zero-order valence-electron chi connectivity index (χ0n) is 11.3. The number of hydrogen-bond acceptors (Lipinski definition) is 4. The predicted octanol–water partition coefficient (Wildman–Crippen LogP) is 1.73. The highest BCUT2D eigenvalue weighted by Crippen LogP contribution is 2.40. The summed E-state index contributed by atoms with van der Waals surface area (Å²) in [6.07, 6.45) is 1.27. The molecule has 2 aliphatic rings. The highest BCUT2D eigenvalue weighted by Gasteiger charge is 2.41. The maximum atomic E-state index is 5.93. The van der Waals surface area contributed by atoms with Gasteiger partial charge in [-0.05, 0) is 11.8 Å². The lowest BCUT2D eigenvalue weighted by Crippen LogP contribution is -2.32. The SMILES string of the molecule is CC(C)(C)[C@H]1OCC[C@@H]1c1nnc2n1CCOC2. The molecular formula is C13H21N3O2. The van der Waals surface area contributed by atoms with Crippen LogP contribution in [0.25, 0.3) is 0 Å². The molecule has 1 aromatic heterocycles. The minimum Gasteiger partial charge on any atom is -0.377 e. The molecule has 100 valence electrons. The van der Waals surface area contributed by atoms with Gasteiger partial charge in [-0.15, -0.1) is 10.2 Å². The van der Waals surface area contributed by atoms with E-state index in [9.17, 15) is 0 Å². The van der Waals surface area contributed by atoms with E-state index in [4.69, 9.17) is 9.47 Å². The van der Waals surface area contributed by atoms with Crippen LogP contribution in [0.2, 0.25) is 0 Å². The van der Waals surface area contributed by atoms with Crippen LogP contribution in [0, 0.1) is 5.41 Å². The Morgan fingerprint density at radius 2 is 2.06 bits per heavy atom. The third kappa shape index (κ3) is 1.95. The van der Waals surface area contributed by atoms with Gasteiger partial charge in [0.1, 0.15) is 12.4 Å². The van der Waals surface area contributed by atoms with E-state index in [0.29, 0.717) is 12.5 Å². The fourth-order valence-electron chi connectivity index (χ4n) is 3.00. The summed E-state index contributed by atoms with van der Waals surface area (Å²) in [4.78, 5) is 0. The molecule has 1 saturated heterocycles. The molecule has 0 saturated carbocycles. The highest BCUT2D eigenvalue weighted by atomic mass is 16.5. The number of fused-ring (bicyclic) bond motifs is 1. The molecule has 2 aliphatic heterocycles. The van der Waals surface area contributed by atoms with E-state index in [1.165, 1.54) is 0 Å². The van der Waals surface area contributed by atoms with Crippen molar-refractivity contribution >= 4 is 0 Å². The Hall–Kier alpha value is -0.940. The zero-order valence-corrected chi connectivity index (χ0v) is 11.3. The average Bonchev–Trinajstić information content (AvgIpc) is 2.93. The van der Waals surface area contributed by atoms with Gasteiger partial charge in [0, 0.05) is 19.1 Å². The average molecular weight is 251 g/mol. The van der Waals surface area contributed by atoms with Crippen molar-refractivity contribution in [3.05, 3.63) is 11.6 Å². The second-order valence-corrected chi connectivity index (χ2v) is 6.23. The Kier molecular flexibility index (Phi) is 2.90. The molecule has 0 spiro atoms. The zero-order chi connectivity index (χ0) is 12.8. The van der Waals surface area contributed by atoms with E-state index >= 15 is 0 Å². The Morgan fingerprint density at radius 1 is 1.22 bits per heavy atom. The Labute approximate surface area is 107 Å². The molecule has 0 aliphatic carbocycles. The van der Waals surface area contributed by atoms with Gasteiger partial charge in [0.2, 0.25) is 0 Å². The van der Waals surface area contributed by atoms with Crippen LogP contribution in [0.3, 0.4) is 0 Å². The van der Waals surface area contributed by atoms with E-state index in [-0.39, 0.29) is 11.5 Å². The monoisotopic (exact) mass is 251 g/mol. The molecule has 0 aromatic carbocycles.